The van der Waals surface area contributed by atoms with E-state index in [2.05, 4.69) is 27.4 Å². The summed E-state index contributed by atoms with van der Waals surface area (Å²) >= 11 is 0. The molecule has 3 N–H and O–H groups in total. The summed E-state index contributed by atoms with van der Waals surface area (Å²) in [6.45, 7) is 6.23. The number of rotatable bonds is 8. The molecule has 1 aromatic carbocycles. The number of alkyl carbamates (subject to hydrolysis) is 1. The van der Waals surface area contributed by atoms with Crippen molar-refractivity contribution in [2.45, 2.75) is 58.5 Å². The first kappa shape index (κ1) is 20.7. The highest BCUT2D eigenvalue weighted by atomic mass is 16.6. The Morgan fingerprint density at radius 2 is 1.85 bits per heavy atom. The van der Waals surface area contributed by atoms with Gasteiger partial charge in [-0.25, -0.2) is 14.8 Å². The summed E-state index contributed by atoms with van der Waals surface area (Å²) in [5.41, 5.74) is 8.49. The number of aryl methyl sites for hydroxylation is 1. The molecule has 27 heavy (non-hydrogen) atoms. The molecule has 1 aromatic heterocycles. The van der Waals surface area contributed by atoms with Gasteiger partial charge in [-0.2, -0.15) is 0 Å². The highest BCUT2D eigenvalue weighted by molar-refractivity contribution is 5.67. The summed E-state index contributed by atoms with van der Waals surface area (Å²) in [4.78, 5) is 19.9. The molecular formula is C21H30N4O2. The Morgan fingerprint density at radius 3 is 2.59 bits per heavy atom. The number of nitrogens with two attached hydrogens (primary N) is 1. The minimum absolute atomic E-state index is 0.291. The van der Waals surface area contributed by atoms with Crippen molar-refractivity contribution in [2.75, 3.05) is 12.3 Å². The number of aromatic nitrogens is 2. The van der Waals surface area contributed by atoms with Crippen molar-refractivity contribution in [3.63, 3.8) is 0 Å². The van der Waals surface area contributed by atoms with Crippen LogP contribution in [0, 0.1) is 0 Å². The zero-order valence-corrected chi connectivity index (χ0v) is 16.5. The van der Waals surface area contributed by atoms with Gasteiger partial charge in [0.15, 0.2) is 0 Å². The highest BCUT2D eigenvalue weighted by Crippen LogP contribution is 2.23. The molecule has 0 atom stereocenters. The molecule has 0 unspecified atom stereocenters. The van der Waals surface area contributed by atoms with E-state index >= 15 is 0 Å². The summed E-state index contributed by atoms with van der Waals surface area (Å²) in [5.74, 6) is 0.291. The van der Waals surface area contributed by atoms with Crippen LogP contribution in [0.3, 0.4) is 0 Å². The van der Waals surface area contributed by atoms with E-state index < -0.39 is 5.60 Å². The van der Waals surface area contributed by atoms with Crippen LogP contribution in [0.15, 0.2) is 36.5 Å². The maximum Gasteiger partial charge on any atom is 0.407 e. The van der Waals surface area contributed by atoms with Gasteiger partial charge in [0, 0.05) is 18.3 Å². The molecule has 0 aliphatic carbocycles. The van der Waals surface area contributed by atoms with Crippen LogP contribution in [0.25, 0.3) is 11.3 Å². The summed E-state index contributed by atoms with van der Waals surface area (Å²) in [6.07, 6.45) is 6.54. The summed E-state index contributed by atoms with van der Waals surface area (Å²) in [6, 6.07) is 10.2. The third kappa shape index (κ3) is 7.64. The molecule has 0 saturated carbocycles. The van der Waals surface area contributed by atoms with Crippen molar-refractivity contribution in [1.82, 2.24) is 15.3 Å². The van der Waals surface area contributed by atoms with Crippen molar-refractivity contribution >= 4 is 12.0 Å². The molecule has 0 aliphatic heterocycles. The van der Waals surface area contributed by atoms with E-state index in [9.17, 15) is 4.79 Å². The van der Waals surface area contributed by atoms with Crippen molar-refractivity contribution < 1.29 is 9.53 Å². The van der Waals surface area contributed by atoms with Crippen LogP contribution >= 0.6 is 0 Å². The second-order valence-electron chi connectivity index (χ2n) is 7.55. The average molecular weight is 370 g/mol. The van der Waals surface area contributed by atoms with Gasteiger partial charge in [-0.15, -0.1) is 0 Å². The fourth-order valence-electron chi connectivity index (χ4n) is 2.81. The minimum atomic E-state index is -0.453. The average Bonchev–Trinajstić information content (AvgIpc) is 2.60. The first-order valence-electron chi connectivity index (χ1n) is 9.49. The lowest BCUT2D eigenvalue weighted by Gasteiger charge is -2.19. The number of ether oxygens (including phenoxy) is 1. The van der Waals surface area contributed by atoms with Gasteiger partial charge in [-0.05, 0) is 51.7 Å². The second kappa shape index (κ2) is 9.90. The van der Waals surface area contributed by atoms with E-state index in [-0.39, 0.29) is 6.09 Å². The Kier molecular flexibility index (Phi) is 7.58. The predicted octanol–water partition coefficient (Wildman–Crippen LogP) is 4.35. The Hall–Kier alpha value is -2.63. The quantitative estimate of drug-likeness (QED) is 0.674. The van der Waals surface area contributed by atoms with Gasteiger partial charge in [-0.3, -0.25) is 0 Å². The molecule has 0 fully saturated rings. The third-order valence-electron chi connectivity index (χ3n) is 4.01. The number of nitrogen functional groups attached to an aromatic ring is 1. The van der Waals surface area contributed by atoms with E-state index in [4.69, 9.17) is 10.5 Å². The molecule has 0 aliphatic rings. The van der Waals surface area contributed by atoms with Gasteiger partial charge in [-0.1, -0.05) is 37.1 Å². The van der Waals surface area contributed by atoms with Crippen molar-refractivity contribution in [3.05, 3.63) is 42.1 Å². The molecule has 146 valence electrons. The number of nitrogens with one attached hydrogen (secondary N) is 1. The molecule has 1 amide bonds. The Bertz CT molecular complexity index is 741. The standard InChI is InChI=1S/C21H30N4O2/c1-21(2,3)27-20(26)24-14-9-5-4-6-10-16-11-7-8-12-17(16)18-13-15-23-19(22)25-18/h7-8,11-13,15H,4-6,9-10,14H2,1-3H3,(H,24,26)(H2,22,23,25). The smallest absolute Gasteiger partial charge is 0.407 e. The number of anilines is 1. The van der Waals surface area contributed by atoms with Gasteiger partial charge >= 0.3 is 6.09 Å². The fourth-order valence-corrected chi connectivity index (χ4v) is 2.81. The normalized spacial score (nSPS) is 11.2. The van der Waals surface area contributed by atoms with Crippen molar-refractivity contribution in [2.24, 2.45) is 0 Å². The number of hydrogen-bond donors (Lipinski definition) is 2. The first-order valence-corrected chi connectivity index (χ1v) is 9.49. The molecule has 0 bridgehead atoms. The molecule has 0 spiro atoms. The molecule has 0 saturated heterocycles. The number of nitrogens with zero attached hydrogens (tertiary/aromatic N) is 2. The van der Waals surface area contributed by atoms with Crippen LogP contribution in [-0.2, 0) is 11.2 Å². The second-order valence-corrected chi connectivity index (χ2v) is 7.55. The number of amides is 1. The summed E-state index contributed by atoms with van der Waals surface area (Å²) < 4.78 is 5.22. The number of hydrogen-bond acceptors (Lipinski definition) is 5. The SMILES string of the molecule is CC(C)(C)OC(=O)NCCCCCCc1ccccc1-c1ccnc(N)n1. The van der Waals surface area contributed by atoms with Crippen LogP contribution in [0.4, 0.5) is 10.7 Å². The van der Waals surface area contributed by atoms with Crippen LogP contribution in [0.1, 0.15) is 52.0 Å². The van der Waals surface area contributed by atoms with Gasteiger partial charge in [0.1, 0.15) is 5.60 Å². The molecule has 1 heterocycles. The molecule has 6 heteroatoms. The van der Waals surface area contributed by atoms with Gasteiger partial charge in [0.05, 0.1) is 5.69 Å². The lowest BCUT2D eigenvalue weighted by atomic mass is 9.99. The van der Waals surface area contributed by atoms with E-state index in [0.717, 1.165) is 43.4 Å². The molecule has 0 radical (unpaired) electrons. The van der Waals surface area contributed by atoms with Crippen molar-refractivity contribution in [1.29, 1.82) is 0 Å². The fraction of sp³-hybridized carbons (Fsp3) is 0.476. The molecule has 2 rings (SSSR count). The van der Waals surface area contributed by atoms with Crippen LogP contribution in [0.2, 0.25) is 0 Å². The molecular weight excluding hydrogens is 340 g/mol. The lowest BCUT2D eigenvalue weighted by Crippen LogP contribution is -2.32. The minimum Gasteiger partial charge on any atom is -0.444 e. The van der Waals surface area contributed by atoms with E-state index in [1.165, 1.54) is 5.56 Å². The van der Waals surface area contributed by atoms with Gasteiger partial charge in [0.2, 0.25) is 5.95 Å². The topological polar surface area (TPSA) is 90.1 Å². The van der Waals surface area contributed by atoms with E-state index in [1.807, 2.05) is 39.0 Å². The largest absolute Gasteiger partial charge is 0.444 e. The monoisotopic (exact) mass is 370 g/mol. The molecule has 2 aromatic rings. The number of benzene rings is 1. The van der Waals surface area contributed by atoms with Crippen LogP contribution in [0.5, 0.6) is 0 Å². The first-order chi connectivity index (χ1) is 12.8. The zero-order chi connectivity index (χ0) is 19.7. The van der Waals surface area contributed by atoms with Crippen molar-refractivity contribution in [3.8, 4) is 11.3 Å². The van der Waals surface area contributed by atoms with Crippen LogP contribution in [-0.4, -0.2) is 28.2 Å². The lowest BCUT2D eigenvalue weighted by molar-refractivity contribution is 0.0527. The van der Waals surface area contributed by atoms with Gasteiger partial charge in [0.25, 0.3) is 0 Å². The zero-order valence-electron chi connectivity index (χ0n) is 16.5. The van der Waals surface area contributed by atoms with Gasteiger partial charge < -0.3 is 15.8 Å². The number of unbranched alkanes of at least 4 members (excludes halogenated alkanes) is 3. The highest BCUT2D eigenvalue weighted by Gasteiger charge is 2.15. The summed E-state index contributed by atoms with van der Waals surface area (Å²) in [7, 11) is 0. The molecule has 6 nitrogen and oxygen atoms in total. The van der Waals surface area contributed by atoms with E-state index in [0.29, 0.717) is 12.5 Å². The summed E-state index contributed by atoms with van der Waals surface area (Å²) in [5, 5.41) is 2.80. The Morgan fingerprint density at radius 1 is 1.11 bits per heavy atom. The third-order valence-corrected chi connectivity index (χ3v) is 4.01. The van der Waals surface area contributed by atoms with E-state index in [1.54, 1.807) is 6.20 Å². The maximum absolute atomic E-state index is 11.6. The number of carbonyl (C=O) groups is 1. The van der Waals surface area contributed by atoms with Crippen LogP contribution < -0.4 is 11.1 Å². The Balaban J connectivity index is 1.72. The predicted molar refractivity (Wildman–Crippen MR) is 108 cm³/mol. The maximum atomic E-state index is 11.6. The number of carbonyl (C=O) groups excluding carboxylic acids is 1. The Labute approximate surface area is 161 Å².